The van der Waals surface area contributed by atoms with Gasteiger partial charge in [-0.05, 0) is 91.9 Å². The van der Waals surface area contributed by atoms with Crippen LogP contribution < -0.4 is 0 Å². The Morgan fingerprint density at radius 1 is 0.826 bits per heavy atom. The van der Waals surface area contributed by atoms with Crippen LogP contribution in [-0.2, 0) is 39.9 Å². The van der Waals surface area contributed by atoms with E-state index in [1.54, 1.807) is 6.92 Å². The molecule has 0 saturated heterocycles. The van der Waals surface area contributed by atoms with Gasteiger partial charge in [-0.3, -0.25) is 14.4 Å². The van der Waals surface area contributed by atoms with E-state index in [1.807, 2.05) is 18.2 Å². The van der Waals surface area contributed by atoms with E-state index in [0.29, 0.717) is 24.4 Å². The maximum absolute atomic E-state index is 12.6. The van der Waals surface area contributed by atoms with Gasteiger partial charge in [-0.25, -0.2) is 0 Å². The van der Waals surface area contributed by atoms with Gasteiger partial charge >= 0.3 is 17.9 Å². The number of carbonyl (C=O) groups excluding carboxylic acids is 3. The standard InChI is InChI=1S/C39H58O7/c1-25(13-9-8-12-20-43-24-29-14-10-7-11-15-29)32-16-17-33-37-34(23-36(39(32,33)6)46-28(4)42)38(5)19-18-31(44-26(2)40)21-30(38)22-35(37)45-27(3)41/h7,10-11,14-15,25,30-37H,8-9,12-13,16-24H2,1-6H3/t25-,30?,31-,32-,33+,34+,35-,36+,37+,38+,39-/m1/s1. The average Bonchev–Trinajstić information content (AvgIpc) is 3.35. The van der Waals surface area contributed by atoms with Gasteiger partial charge in [0, 0.05) is 38.7 Å². The highest BCUT2D eigenvalue weighted by molar-refractivity contribution is 5.67. The van der Waals surface area contributed by atoms with Gasteiger partial charge in [0.2, 0.25) is 0 Å². The fourth-order valence-electron chi connectivity index (χ4n) is 10.9. The van der Waals surface area contributed by atoms with Gasteiger partial charge < -0.3 is 18.9 Å². The lowest BCUT2D eigenvalue weighted by Crippen LogP contribution is -2.63. The van der Waals surface area contributed by atoms with Gasteiger partial charge in [0.1, 0.15) is 18.3 Å². The van der Waals surface area contributed by atoms with E-state index < -0.39 is 0 Å². The van der Waals surface area contributed by atoms with Crippen LogP contribution in [0.5, 0.6) is 0 Å². The van der Waals surface area contributed by atoms with Crippen LogP contribution >= 0.6 is 0 Å². The molecule has 4 aliphatic carbocycles. The van der Waals surface area contributed by atoms with E-state index >= 15 is 0 Å². The monoisotopic (exact) mass is 638 g/mol. The predicted octanol–water partition coefficient (Wildman–Crippen LogP) is 8.07. The molecule has 1 aromatic carbocycles. The van der Waals surface area contributed by atoms with Crippen LogP contribution in [-0.4, -0.2) is 42.8 Å². The topological polar surface area (TPSA) is 88.1 Å². The molecule has 0 heterocycles. The number of hydrogen-bond acceptors (Lipinski definition) is 7. The quantitative estimate of drug-likeness (QED) is 0.130. The molecule has 46 heavy (non-hydrogen) atoms. The van der Waals surface area contributed by atoms with Crippen molar-refractivity contribution in [3.05, 3.63) is 35.9 Å². The summed E-state index contributed by atoms with van der Waals surface area (Å²) in [6.07, 6.45) is 10.5. The molecular formula is C39H58O7. The number of unbranched alkanes of at least 4 members (excludes halogenated alkanes) is 2. The number of carbonyl (C=O) groups is 3. The van der Waals surface area contributed by atoms with Gasteiger partial charge in [0.15, 0.2) is 0 Å². The molecule has 7 nitrogen and oxygen atoms in total. The molecule has 4 fully saturated rings. The van der Waals surface area contributed by atoms with Crippen molar-refractivity contribution in [2.45, 2.75) is 137 Å². The molecule has 0 spiro atoms. The Bertz CT molecular complexity index is 1200. The van der Waals surface area contributed by atoms with Crippen molar-refractivity contribution in [1.82, 2.24) is 0 Å². The lowest BCUT2D eigenvalue weighted by molar-refractivity contribution is -0.224. The van der Waals surface area contributed by atoms with Gasteiger partial charge in [-0.2, -0.15) is 0 Å². The van der Waals surface area contributed by atoms with Crippen LogP contribution in [0, 0.1) is 46.3 Å². The summed E-state index contributed by atoms with van der Waals surface area (Å²) in [5.74, 6) is 1.42. The summed E-state index contributed by atoms with van der Waals surface area (Å²) in [6, 6.07) is 10.3. The summed E-state index contributed by atoms with van der Waals surface area (Å²) >= 11 is 0. The maximum atomic E-state index is 12.6. The normalized spacial score (nSPS) is 37.3. The zero-order valence-corrected chi connectivity index (χ0v) is 29.1. The zero-order valence-electron chi connectivity index (χ0n) is 29.1. The summed E-state index contributed by atoms with van der Waals surface area (Å²) in [5.41, 5.74) is 1.07. The van der Waals surface area contributed by atoms with Crippen LogP contribution in [0.25, 0.3) is 0 Å². The minimum absolute atomic E-state index is 0.0178. The fraction of sp³-hybridized carbons (Fsp3) is 0.769. The van der Waals surface area contributed by atoms with E-state index in [-0.39, 0.29) is 64.8 Å². The second-order valence-corrected chi connectivity index (χ2v) is 15.6. The Balaban J connectivity index is 1.29. The molecule has 1 aromatic rings. The lowest BCUT2D eigenvalue weighted by Gasteiger charge is -2.64. The summed E-state index contributed by atoms with van der Waals surface area (Å²) in [4.78, 5) is 36.9. The molecule has 256 valence electrons. The van der Waals surface area contributed by atoms with E-state index in [4.69, 9.17) is 18.9 Å². The van der Waals surface area contributed by atoms with E-state index in [0.717, 1.165) is 77.2 Å². The highest BCUT2D eigenvalue weighted by atomic mass is 16.6. The molecule has 0 aliphatic heterocycles. The first-order chi connectivity index (χ1) is 21.9. The van der Waals surface area contributed by atoms with Crippen molar-refractivity contribution < 1.29 is 33.3 Å². The van der Waals surface area contributed by atoms with Crippen molar-refractivity contribution in [2.75, 3.05) is 6.61 Å². The Hall–Kier alpha value is -2.41. The SMILES string of the molecule is CC(=O)O[C@@H]1CC[C@@]2(C)C(C1)C[C@@H](OC(C)=O)[C@H]1[C@@H]3CC[C@H]([C@H](C)CCCCCOCc4ccccc4)[C@@]3(C)[C@@H](OC(C)=O)C[C@@H]12. The minimum Gasteiger partial charge on any atom is -0.463 e. The van der Waals surface area contributed by atoms with E-state index in [2.05, 4.69) is 32.9 Å². The summed E-state index contributed by atoms with van der Waals surface area (Å²) in [7, 11) is 0. The first kappa shape index (κ1) is 34.9. The molecule has 4 aliphatic rings. The second kappa shape index (κ2) is 14.8. The maximum Gasteiger partial charge on any atom is 0.302 e. The van der Waals surface area contributed by atoms with Gasteiger partial charge in [-0.1, -0.05) is 70.4 Å². The third-order valence-electron chi connectivity index (χ3n) is 13.0. The second-order valence-electron chi connectivity index (χ2n) is 15.6. The molecule has 0 radical (unpaired) electrons. The molecule has 0 aromatic heterocycles. The van der Waals surface area contributed by atoms with Crippen LogP contribution in [0.15, 0.2) is 30.3 Å². The van der Waals surface area contributed by atoms with E-state index in [9.17, 15) is 14.4 Å². The summed E-state index contributed by atoms with van der Waals surface area (Å²) in [5, 5.41) is 0. The molecule has 0 amide bonds. The molecule has 1 unspecified atom stereocenters. The van der Waals surface area contributed by atoms with Crippen molar-refractivity contribution >= 4 is 17.9 Å². The number of hydrogen-bond donors (Lipinski definition) is 0. The predicted molar refractivity (Wildman–Crippen MR) is 176 cm³/mol. The first-order valence-electron chi connectivity index (χ1n) is 18.1. The Morgan fingerprint density at radius 2 is 1.54 bits per heavy atom. The molecule has 0 N–H and O–H groups in total. The van der Waals surface area contributed by atoms with Gasteiger partial charge in [-0.15, -0.1) is 0 Å². The minimum atomic E-state index is -0.232. The Morgan fingerprint density at radius 3 is 2.24 bits per heavy atom. The fourth-order valence-corrected chi connectivity index (χ4v) is 10.9. The van der Waals surface area contributed by atoms with E-state index in [1.165, 1.54) is 19.4 Å². The van der Waals surface area contributed by atoms with Crippen molar-refractivity contribution in [3.8, 4) is 0 Å². The molecular weight excluding hydrogens is 580 g/mol. The smallest absolute Gasteiger partial charge is 0.302 e. The number of benzene rings is 1. The summed E-state index contributed by atoms with van der Waals surface area (Å²) < 4.78 is 24.1. The molecule has 11 atom stereocenters. The number of rotatable bonds is 12. The van der Waals surface area contributed by atoms with Crippen molar-refractivity contribution in [1.29, 1.82) is 0 Å². The number of fused-ring (bicyclic) bond motifs is 5. The number of ether oxygens (including phenoxy) is 4. The Labute approximate surface area is 276 Å². The van der Waals surface area contributed by atoms with Crippen molar-refractivity contribution in [3.63, 3.8) is 0 Å². The molecule has 5 rings (SSSR count). The third kappa shape index (κ3) is 7.34. The molecule has 4 saturated carbocycles. The number of esters is 3. The van der Waals surface area contributed by atoms with Crippen LogP contribution in [0.3, 0.4) is 0 Å². The molecule has 0 bridgehead atoms. The highest BCUT2D eigenvalue weighted by Gasteiger charge is 2.67. The summed E-state index contributed by atoms with van der Waals surface area (Å²) in [6.45, 7) is 13.2. The molecule has 7 heteroatoms. The first-order valence-corrected chi connectivity index (χ1v) is 18.1. The van der Waals surface area contributed by atoms with Crippen LogP contribution in [0.2, 0.25) is 0 Å². The van der Waals surface area contributed by atoms with Gasteiger partial charge in [0.25, 0.3) is 0 Å². The Kier molecular flexibility index (Phi) is 11.2. The lowest BCUT2D eigenvalue weighted by atomic mass is 9.43. The highest BCUT2D eigenvalue weighted by Crippen LogP contribution is 2.69. The van der Waals surface area contributed by atoms with Gasteiger partial charge in [0.05, 0.1) is 6.61 Å². The third-order valence-corrected chi connectivity index (χ3v) is 13.0. The largest absolute Gasteiger partial charge is 0.463 e. The zero-order chi connectivity index (χ0) is 33.1. The van der Waals surface area contributed by atoms with Crippen molar-refractivity contribution in [2.24, 2.45) is 46.3 Å². The van der Waals surface area contributed by atoms with Crippen LogP contribution in [0.4, 0.5) is 0 Å². The average molecular weight is 639 g/mol. The van der Waals surface area contributed by atoms with Crippen LogP contribution in [0.1, 0.15) is 118 Å².